The zero-order valence-corrected chi connectivity index (χ0v) is 21.9. The van der Waals surface area contributed by atoms with Gasteiger partial charge in [-0.15, -0.1) is 6.42 Å². The van der Waals surface area contributed by atoms with E-state index in [-0.39, 0.29) is 30.9 Å². The van der Waals surface area contributed by atoms with E-state index in [2.05, 4.69) is 11.2 Å². The van der Waals surface area contributed by atoms with Crippen LogP contribution >= 0.6 is 11.8 Å². The van der Waals surface area contributed by atoms with Crippen LogP contribution < -0.4 is 5.32 Å². The second-order valence-electron chi connectivity index (χ2n) is 9.84. The van der Waals surface area contributed by atoms with Crippen LogP contribution in [0, 0.1) is 18.3 Å². The molecule has 9 heteroatoms. The lowest BCUT2D eigenvalue weighted by Crippen LogP contribution is -2.76. The molecule has 1 aromatic rings. The van der Waals surface area contributed by atoms with Crippen LogP contribution in [0.25, 0.3) is 0 Å². The Hall–Kier alpha value is -2.70. The Morgan fingerprint density at radius 3 is 2.61 bits per heavy atom. The van der Waals surface area contributed by atoms with Gasteiger partial charge in [0.2, 0.25) is 11.8 Å². The van der Waals surface area contributed by atoms with Crippen molar-refractivity contribution in [3.63, 3.8) is 0 Å². The highest BCUT2D eigenvalue weighted by molar-refractivity contribution is 7.98. The minimum Gasteiger partial charge on any atom is -0.337 e. The SMILES string of the molecule is C#CCN1CC(=O)N2[C@@H](CCSC)C(=O)N(CC3CCCCC3)C[C@@H]2N1C(=O)NCc1ccccc1. The molecule has 8 nitrogen and oxygen atoms in total. The quantitative estimate of drug-likeness (QED) is 0.544. The third kappa shape index (κ3) is 5.98. The molecule has 0 spiro atoms. The first-order valence-corrected chi connectivity index (χ1v) is 14.3. The molecule has 4 amide bonds. The Bertz CT molecular complexity index is 962. The van der Waals surface area contributed by atoms with Gasteiger partial charge in [0.1, 0.15) is 12.2 Å². The minimum atomic E-state index is -0.580. The van der Waals surface area contributed by atoms with Gasteiger partial charge >= 0.3 is 6.03 Å². The van der Waals surface area contributed by atoms with E-state index in [0.29, 0.717) is 32.0 Å². The number of nitrogens with zero attached hydrogens (tertiary/aromatic N) is 4. The lowest BCUT2D eigenvalue weighted by atomic mass is 9.88. The van der Waals surface area contributed by atoms with Crippen molar-refractivity contribution in [1.82, 2.24) is 25.1 Å². The number of hydrogen-bond acceptors (Lipinski definition) is 5. The summed E-state index contributed by atoms with van der Waals surface area (Å²) < 4.78 is 0. The van der Waals surface area contributed by atoms with E-state index in [9.17, 15) is 14.4 Å². The number of benzene rings is 1. The fourth-order valence-corrected chi connectivity index (χ4v) is 6.10. The monoisotopic (exact) mass is 511 g/mol. The van der Waals surface area contributed by atoms with E-state index < -0.39 is 12.2 Å². The standard InChI is InChI=1S/C27H37N5O3S/c1-3-15-30-20-25(33)31-23(14-16-36-2)26(34)29(18-22-12-8-5-9-13-22)19-24(31)32(30)27(35)28-17-21-10-6-4-7-11-21/h1,4,6-7,10-11,22-24H,5,8-9,12-20H2,2H3,(H,28,35)/t23-,24-/m0/s1. The predicted octanol–water partition coefficient (Wildman–Crippen LogP) is 2.76. The topological polar surface area (TPSA) is 76.2 Å². The van der Waals surface area contributed by atoms with Gasteiger partial charge in [-0.1, -0.05) is 55.5 Å². The minimum absolute atomic E-state index is 0.00858. The van der Waals surface area contributed by atoms with Crippen molar-refractivity contribution in [3.8, 4) is 12.3 Å². The molecule has 1 N–H and O–H groups in total. The number of hydrazine groups is 1. The van der Waals surface area contributed by atoms with Crippen molar-refractivity contribution in [2.75, 3.05) is 38.2 Å². The third-order valence-corrected chi connectivity index (χ3v) is 8.04. The molecule has 0 aromatic heterocycles. The van der Waals surface area contributed by atoms with Crippen LogP contribution in [0.3, 0.4) is 0 Å². The van der Waals surface area contributed by atoms with Crippen molar-refractivity contribution in [3.05, 3.63) is 35.9 Å². The first-order valence-electron chi connectivity index (χ1n) is 12.9. The summed E-state index contributed by atoms with van der Waals surface area (Å²) >= 11 is 1.66. The van der Waals surface area contributed by atoms with E-state index in [4.69, 9.17) is 6.42 Å². The van der Waals surface area contributed by atoms with Crippen molar-refractivity contribution < 1.29 is 14.4 Å². The number of fused-ring (bicyclic) bond motifs is 1. The van der Waals surface area contributed by atoms with Crippen molar-refractivity contribution >= 4 is 29.6 Å². The average Bonchev–Trinajstić information content (AvgIpc) is 2.89. The maximum absolute atomic E-state index is 13.7. The zero-order valence-electron chi connectivity index (χ0n) is 21.1. The highest BCUT2D eigenvalue weighted by Gasteiger charge is 2.51. The molecular weight excluding hydrogens is 474 g/mol. The molecule has 1 aliphatic carbocycles. The molecule has 0 unspecified atom stereocenters. The molecule has 3 aliphatic rings. The van der Waals surface area contributed by atoms with Gasteiger partial charge in [0.05, 0.1) is 19.6 Å². The molecule has 0 radical (unpaired) electrons. The van der Waals surface area contributed by atoms with Crippen molar-refractivity contribution in [2.24, 2.45) is 5.92 Å². The molecule has 3 fully saturated rings. The molecule has 0 bridgehead atoms. The molecule has 194 valence electrons. The predicted molar refractivity (Wildman–Crippen MR) is 141 cm³/mol. The van der Waals surface area contributed by atoms with Gasteiger partial charge in [0.15, 0.2) is 0 Å². The summed E-state index contributed by atoms with van der Waals surface area (Å²) in [6, 6.07) is 8.82. The fourth-order valence-electron chi connectivity index (χ4n) is 5.64. The number of hydrogen-bond donors (Lipinski definition) is 1. The molecular formula is C27H37N5O3S. The van der Waals surface area contributed by atoms with Crippen molar-refractivity contribution in [2.45, 2.75) is 57.3 Å². The van der Waals surface area contributed by atoms with Crippen LogP contribution in [0.4, 0.5) is 4.79 Å². The number of terminal acetylenes is 1. The number of carbonyl (C=O) groups excluding carboxylic acids is 3. The summed E-state index contributed by atoms with van der Waals surface area (Å²) in [7, 11) is 0. The van der Waals surface area contributed by atoms with Gasteiger partial charge in [-0.05, 0) is 42.8 Å². The third-order valence-electron chi connectivity index (χ3n) is 7.40. The molecule has 2 aliphatic heterocycles. The first kappa shape index (κ1) is 26.4. The van der Waals surface area contributed by atoms with E-state index >= 15 is 0 Å². The highest BCUT2D eigenvalue weighted by atomic mass is 32.2. The van der Waals surface area contributed by atoms with E-state index in [1.54, 1.807) is 26.7 Å². The van der Waals surface area contributed by atoms with Crippen LogP contribution in [0.5, 0.6) is 0 Å². The summed E-state index contributed by atoms with van der Waals surface area (Å²) in [5.74, 6) is 3.68. The van der Waals surface area contributed by atoms with Crippen LogP contribution in [-0.2, 0) is 16.1 Å². The first-order chi connectivity index (χ1) is 17.5. The molecule has 36 heavy (non-hydrogen) atoms. The van der Waals surface area contributed by atoms with E-state index in [1.165, 1.54) is 19.3 Å². The van der Waals surface area contributed by atoms with Gasteiger partial charge < -0.3 is 15.1 Å². The van der Waals surface area contributed by atoms with E-state index in [1.807, 2.05) is 41.5 Å². The largest absolute Gasteiger partial charge is 0.337 e. The smallest absolute Gasteiger partial charge is 0.334 e. The molecule has 2 atom stereocenters. The summed E-state index contributed by atoms with van der Waals surface area (Å²) in [6.07, 6.45) is 13.5. The van der Waals surface area contributed by atoms with Gasteiger partial charge in [0.25, 0.3) is 0 Å². The Labute approximate surface area is 218 Å². The number of nitrogens with one attached hydrogen (secondary N) is 1. The number of thioether (sulfide) groups is 1. The normalized spacial score (nSPS) is 23.4. The lowest BCUT2D eigenvalue weighted by Gasteiger charge is -2.55. The zero-order chi connectivity index (χ0) is 25.5. The van der Waals surface area contributed by atoms with Crippen LogP contribution in [0.15, 0.2) is 30.3 Å². The Balaban J connectivity index is 1.60. The Morgan fingerprint density at radius 1 is 1.17 bits per heavy atom. The number of amides is 4. The molecule has 1 saturated carbocycles. The average molecular weight is 512 g/mol. The molecule has 1 aromatic carbocycles. The summed E-state index contributed by atoms with van der Waals surface area (Å²) in [5, 5.41) is 6.24. The Kier molecular flexibility index (Phi) is 9.16. The maximum atomic E-state index is 13.7. The number of piperazine rings is 1. The van der Waals surface area contributed by atoms with Crippen LogP contribution in [-0.4, -0.2) is 88.1 Å². The molecule has 2 heterocycles. The fraction of sp³-hybridized carbons (Fsp3) is 0.593. The Morgan fingerprint density at radius 2 is 1.92 bits per heavy atom. The summed E-state index contributed by atoms with van der Waals surface area (Å²) in [6.45, 7) is 1.46. The maximum Gasteiger partial charge on any atom is 0.334 e. The van der Waals surface area contributed by atoms with Crippen molar-refractivity contribution in [1.29, 1.82) is 0 Å². The number of urea groups is 1. The highest BCUT2D eigenvalue weighted by Crippen LogP contribution is 2.31. The number of rotatable bonds is 8. The van der Waals surface area contributed by atoms with Gasteiger partial charge in [0, 0.05) is 13.1 Å². The lowest BCUT2D eigenvalue weighted by molar-refractivity contribution is -0.189. The van der Waals surface area contributed by atoms with Crippen LogP contribution in [0.1, 0.15) is 44.1 Å². The van der Waals surface area contributed by atoms with Crippen LogP contribution in [0.2, 0.25) is 0 Å². The summed E-state index contributed by atoms with van der Waals surface area (Å²) in [5.41, 5.74) is 0.981. The molecule has 4 rings (SSSR count). The van der Waals surface area contributed by atoms with Gasteiger partial charge in [-0.3, -0.25) is 9.59 Å². The second-order valence-corrected chi connectivity index (χ2v) is 10.8. The summed E-state index contributed by atoms with van der Waals surface area (Å²) in [4.78, 5) is 44.2. The van der Waals surface area contributed by atoms with Gasteiger partial charge in [-0.25, -0.2) is 9.80 Å². The van der Waals surface area contributed by atoms with Gasteiger partial charge in [-0.2, -0.15) is 16.8 Å². The molecule has 2 saturated heterocycles. The second kappa shape index (κ2) is 12.5. The van der Waals surface area contributed by atoms with E-state index in [0.717, 1.165) is 24.2 Å². The number of carbonyl (C=O) groups is 3.